The van der Waals surface area contributed by atoms with Crippen molar-refractivity contribution < 1.29 is 4.79 Å². The van der Waals surface area contributed by atoms with E-state index in [1.54, 1.807) is 6.33 Å². The Hall–Kier alpha value is -1.89. The highest BCUT2D eigenvalue weighted by molar-refractivity contribution is 6.28. The molecule has 1 aliphatic heterocycles. The van der Waals surface area contributed by atoms with E-state index in [4.69, 9.17) is 11.6 Å². The second-order valence-corrected chi connectivity index (χ2v) is 7.01. The van der Waals surface area contributed by atoms with Gasteiger partial charge in [-0.1, -0.05) is 13.8 Å². The molecule has 2 aromatic heterocycles. The van der Waals surface area contributed by atoms with Crippen molar-refractivity contribution in [1.82, 2.24) is 25.3 Å². The van der Waals surface area contributed by atoms with Crippen LogP contribution in [0.3, 0.4) is 0 Å². The Bertz CT molecular complexity index is 716. The van der Waals surface area contributed by atoms with Gasteiger partial charge in [-0.2, -0.15) is 9.97 Å². The number of rotatable bonds is 5. The van der Waals surface area contributed by atoms with Gasteiger partial charge in [0.1, 0.15) is 5.52 Å². The van der Waals surface area contributed by atoms with Gasteiger partial charge in [-0.15, -0.1) is 0 Å². The molecule has 2 N–H and O–H groups in total. The van der Waals surface area contributed by atoms with Crippen molar-refractivity contribution in [1.29, 1.82) is 0 Å². The van der Waals surface area contributed by atoms with Crippen LogP contribution in [0.1, 0.15) is 33.1 Å². The van der Waals surface area contributed by atoms with E-state index < -0.39 is 0 Å². The summed E-state index contributed by atoms with van der Waals surface area (Å²) in [5, 5.41) is 3.23. The van der Waals surface area contributed by atoms with Gasteiger partial charge in [0.15, 0.2) is 11.5 Å². The van der Waals surface area contributed by atoms with Gasteiger partial charge in [-0.05, 0) is 36.8 Å². The average Bonchev–Trinajstić information content (AvgIpc) is 3.02. The molecule has 1 atom stereocenters. The van der Waals surface area contributed by atoms with Gasteiger partial charge in [0.05, 0.1) is 12.2 Å². The van der Waals surface area contributed by atoms with Crippen molar-refractivity contribution in [2.75, 3.05) is 24.5 Å². The van der Waals surface area contributed by atoms with Gasteiger partial charge in [-0.25, -0.2) is 4.98 Å². The van der Waals surface area contributed by atoms with Crippen LogP contribution < -0.4 is 10.2 Å². The van der Waals surface area contributed by atoms with Crippen LogP contribution in [0.25, 0.3) is 11.2 Å². The first-order valence-corrected chi connectivity index (χ1v) is 8.81. The molecular formula is C16H23ClN6O. The van der Waals surface area contributed by atoms with Crippen molar-refractivity contribution in [2.24, 2.45) is 11.8 Å². The molecule has 0 radical (unpaired) electrons. The number of anilines is 1. The first kappa shape index (κ1) is 17.0. The number of amides is 1. The molecule has 1 aliphatic rings. The summed E-state index contributed by atoms with van der Waals surface area (Å²) < 4.78 is 0. The lowest BCUT2D eigenvalue weighted by molar-refractivity contribution is -0.125. The number of carbonyl (C=O) groups is 1. The van der Waals surface area contributed by atoms with E-state index >= 15 is 0 Å². The van der Waals surface area contributed by atoms with Crippen molar-refractivity contribution in [3.8, 4) is 0 Å². The van der Waals surface area contributed by atoms with Crippen LogP contribution in [0.2, 0.25) is 5.28 Å². The quantitative estimate of drug-likeness (QED) is 0.808. The molecule has 2 aromatic rings. The number of piperidine rings is 1. The number of aromatic amines is 1. The predicted octanol–water partition coefficient (Wildman–Crippen LogP) is 2.39. The normalized spacial score (nSPS) is 18.3. The summed E-state index contributed by atoms with van der Waals surface area (Å²) in [6.07, 6.45) is 4.42. The maximum absolute atomic E-state index is 12.4. The summed E-state index contributed by atoms with van der Waals surface area (Å²) >= 11 is 6.01. The Morgan fingerprint density at radius 2 is 2.33 bits per heavy atom. The third kappa shape index (κ3) is 3.77. The Labute approximate surface area is 146 Å². The van der Waals surface area contributed by atoms with Crippen LogP contribution in [-0.2, 0) is 4.79 Å². The van der Waals surface area contributed by atoms with Crippen molar-refractivity contribution in [3.63, 3.8) is 0 Å². The minimum absolute atomic E-state index is 0.0300. The predicted molar refractivity (Wildman–Crippen MR) is 94.1 cm³/mol. The van der Waals surface area contributed by atoms with Crippen LogP contribution in [0, 0.1) is 11.8 Å². The Balaban J connectivity index is 1.71. The average molecular weight is 351 g/mol. The highest BCUT2D eigenvalue weighted by atomic mass is 35.5. The molecule has 130 valence electrons. The summed E-state index contributed by atoms with van der Waals surface area (Å²) in [5.41, 5.74) is 1.31. The van der Waals surface area contributed by atoms with Gasteiger partial charge in [0, 0.05) is 19.6 Å². The highest BCUT2D eigenvalue weighted by Gasteiger charge is 2.28. The third-order valence-corrected chi connectivity index (χ3v) is 4.52. The fourth-order valence-corrected chi connectivity index (χ4v) is 3.19. The largest absolute Gasteiger partial charge is 0.356 e. The zero-order valence-electron chi connectivity index (χ0n) is 14.0. The first-order chi connectivity index (χ1) is 11.5. The maximum atomic E-state index is 12.4. The molecule has 0 saturated carbocycles. The smallest absolute Gasteiger partial charge is 0.226 e. The highest BCUT2D eigenvalue weighted by Crippen LogP contribution is 2.27. The standard InChI is InChI=1S/C16H23ClN6O/c1-10(2)5-6-18-15(24)11-4-3-7-23(8-11)14-12-13(20-9-19-12)21-16(17)22-14/h9-11H,3-8H2,1-2H3,(H,18,24)(H,19,20,21,22). The lowest BCUT2D eigenvalue weighted by atomic mass is 9.97. The van der Waals surface area contributed by atoms with E-state index in [1.165, 1.54) is 0 Å². The molecule has 7 nitrogen and oxygen atoms in total. The van der Waals surface area contributed by atoms with E-state index in [1.807, 2.05) is 0 Å². The number of halogens is 1. The summed E-state index contributed by atoms with van der Waals surface area (Å²) in [6, 6.07) is 0. The van der Waals surface area contributed by atoms with Crippen molar-refractivity contribution in [2.45, 2.75) is 33.1 Å². The number of nitrogens with one attached hydrogen (secondary N) is 2. The number of carbonyl (C=O) groups excluding carboxylic acids is 1. The molecule has 1 unspecified atom stereocenters. The number of nitrogens with zero attached hydrogens (tertiary/aromatic N) is 4. The van der Waals surface area contributed by atoms with Crippen LogP contribution in [0.5, 0.6) is 0 Å². The molecule has 3 heterocycles. The second kappa shape index (κ2) is 7.34. The van der Waals surface area contributed by atoms with Crippen LogP contribution in [0.4, 0.5) is 5.82 Å². The van der Waals surface area contributed by atoms with Gasteiger partial charge in [0.25, 0.3) is 0 Å². The third-order valence-electron chi connectivity index (χ3n) is 4.35. The molecule has 0 bridgehead atoms. The Morgan fingerprint density at radius 1 is 1.50 bits per heavy atom. The van der Waals surface area contributed by atoms with Gasteiger partial charge in [-0.3, -0.25) is 4.79 Å². The SMILES string of the molecule is CC(C)CCNC(=O)C1CCCN(c2nc(Cl)nc3nc[nH]c23)C1. The van der Waals surface area contributed by atoms with E-state index in [0.717, 1.165) is 43.7 Å². The van der Waals surface area contributed by atoms with Crippen molar-refractivity contribution in [3.05, 3.63) is 11.6 Å². The molecule has 1 amide bonds. The number of aromatic nitrogens is 4. The van der Waals surface area contributed by atoms with Crippen LogP contribution in [0.15, 0.2) is 6.33 Å². The minimum Gasteiger partial charge on any atom is -0.356 e. The van der Waals surface area contributed by atoms with E-state index in [9.17, 15) is 4.79 Å². The monoisotopic (exact) mass is 350 g/mol. The lowest BCUT2D eigenvalue weighted by Crippen LogP contribution is -2.43. The zero-order chi connectivity index (χ0) is 17.1. The lowest BCUT2D eigenvalue weighted by Gasteiger charge is -2.33. The van der Waals surface area contributed by atoms with Gasteiger partial charge >= 0.3 is 0 Å². The van der Waals surface area contributed by atoms with Gasteiger partial charge in [0.2, 0.25) is 11.2 Å². The summed E-state index contributed by atoms with van der Waals surface area (Å²) in [5.74, 6) is 1.41. The summed E-state index contributed by atoms with van der Waals surface area (Å²) in [6.45, 7) is 6.52. The van der Waals surface area contributed by atoms with Gasteiger partial charge < -0.3 is 15.2 Å². The number of hydrogen-bond donors (Lipinski definition) is 2. The molecule has 1 fully saturated rings. The fraction of sp³-hybridized carbons (Fsp3) is 0.625. The van der Waals surface area contributed by atoms with Crippen LogP contribution >= 0.6 is 11.6 Å². The molecule has 1 saturated heterocycles. The topological polar surface area (TPSA) is 86.8 Å². The molecule has 8 heteroatoms. The van der Waals surface area contributed by atoms with E-state index in [0.29, 0.717) is 18.1 Å². The molecular weight excluding hydrogens is 328 g/mol. The number of H-pyrrole nitrogens is 1. The molecule has 0 aliphatic carbocycles. The fourth-order valence-electron chi connectivity index (χ4n) is 3.03. The van der Waals surface area contributed by atoms with E-state index in [-0.39, 0.29) is 17.1 Å². The summed E-state index contributed by atoms with van der Waals surface area (Å²) in [7, 11) is 0. The zero-order valence-corrected chi connectivity index (χ0v) is 14.8. The Kier molecular flexibility index (Phi) is 5.18. The minimum atomic E-state index is -0.0300. The Morgan fingerprint density at radius 3 is 3.12 bits per heavy atom. The van der Waals surface area contributed by atoms with E-state index in [2.05, 4.69) is 44.0 Å². The molecule has 3 rings (SSSR count). The molecule has 24 heavy (non-hydrogen) atoms. The number of fused-ring (bicyclic) bond motifs is 1. The number of imidazole rings is 1. The van der Waals surface area contributed by atoms with Crippen molar-refractivity contribution >= 4 is 34.5 Å². The van der Waals surface area contributed by atoms with Crippen LogP contribution in [-0.4, -0.2) is 45.5 Å². The summed E-state index contributed by atoms with van der Waals surface area (Å²) in [4.78, 5) is 30.2. The second-order valence-electron chi connectivity index (χ2n) is 6.68. The molecule has 0 aromatic carbocycles. The first-order valence-electron chi connectivity index (χ1n) is 8.44. The molecule has 0 spiro atoms. The maximum Gasteiger partial charge on any atom is 0.226 e. The number of hydrogen-bond acceptors (Lipinski definition) is 5.